The van der Waals surface area contributed by atoms with Crippen molar-refractivity contribution in [3.05, 3.63) is 23.8 Å². The Labute approximate surface area is 83.5 Å². The molecule has 0 aromatic carbocycles. The summed E-state index contributed by atoms with van der Waals surface area (Å²) in [6, 6.07) is 0. The van der Waals surface area contributed by atoms with E-state index in [-0.39, 0.29) is 5.60 Å². The SMILES string of the molecule is Cc1ncc([C@@]2(CN)CCCO2)cn1. The minimum absolute atomic E-state index is 0.326. The van der Waals surface area contributed by atoms with Crippen molar-refractivity contribution in [3.63, 3.8) is 0 Å². The fourth-order valence-corrected chi connectivity index (χ4v) is 1.83. The summed E-state index contributed by atoms with van der Waals surface area (Å²) in [4.78, 5) is 8.34. The molecule has 2 N–H and O–H groups in total. The molecule has 0 aliphatic carbocycles. The maximum atomic E-state index is 5.76. The number of hydrogen-bond donors (Lipinski definition) is 1. The van der Waals surface area contributed by atoms with Crippen LogP contribution < -0.4 is 5.73 Å². The Balaban J connectivity index is 2.31. The van der Waals surface area contributed by atoms with Crippen LogP contribution >= 0.6 is 0 Å². The predicted octanol–water partition coefficient (Wildman–Crippen LogP) is 0.749. The molecule has 0 radical (unpaired) electrons. The Bertz CT molecular complexity index is 304. The molecule has 1 saturated heterocycles. The first kappa shape index (κ1) is 9.55. The van der Waals surface area contributed by atoms with Crippen molar-refractivity contribution in [2.75, 3.05) is 13.2 Å². The number of ether oxygens (including phenoxy) is 1. The van der Waals surface area contributed by atoms with E-state index in [2.05, 4.69) is 9.97 Å². The Morgan fingerprint density at radius 1 is 1.50 bits per heavy atom. The van der Waals surface area contributed by atoms with Crippen molar-refractivity contribution in [2.45, 2.75) is 25.4 Å². The van der Waals surface area contributed by atoms with E-state index in [1.54, 1.807) is 0 Å². The number of nitrogens with two attached hydrogens (primary N) is 1. The van der Waals surface area contributed by atoms with Gasteiger partial charge >= 0.3 is 0 Å². The summed E-state index contributed by atoms with van der Waals surface area (Å²) in [5.74, 6) is 0.777. The highest BCUT2D eigenvalue weighted by molar-refractivity contribution is 5.17. The molecular weight excluding hydrogens is 178 g/mol. The van der Waals surface area contributed by atoms with Crippen LogP contribution in [0.3, 0.4) is 0 Å². The van der Waals surface area contributed by atoms with Crippen LogP contribution in [0, 0.1) is 6.92 Å². The zero-order chi connectivity index (χ0) is 10.0. The van der Waals surface area contributed by atoms with E-state index < -0.39 is 0 Å². The third-order valence-electron chi connectivity index (χ3n) is 2.74. The number of aryl methyl sites for hydroxylation is 1. The summed E-state index contributed by atoms with van der Waals surface area (Å²) in [7, 11) is 0. The van der Waals surface area contributed by atoms with Crippen molar-refractivity contribution in [2.24, 2.45) is 5.73 Å². The first-order chi connectivity index (χ1) is 6.77. The van der Waals surface area contributed by atoms with Gasteiger partial charge in [0.2, 0.25) is 0 Å². The monoisotopic (exact) mass is 193 g/mol. The third kappa shape index (κ3) is 1.51. The zero-order valence-electron chi connectivity index (χ0n) is 8.36. The van der Waals surface area contributed by atoms with Crippen molar-refractivity contribution in [3.8, 4) is 0 Å². The quantitative estimate of drug-likeness (QED) is 0.753. The molecule has 0 amide bonds. The number of rotatable bonds is 2. The van der Waals surface area contributed by atoms with Crippen molar-refractivity contribution in [1.82, 2.24) is 9.97 Å². The molecule has 0 spiro atoms. The minimum Gasteiger partial charge on any atom is -0.369 e. The molecule has 1 aliphatic heterocycles. The van der Waals surface area contributed by atoms with Gasteiger partial charge in [-0.25, -0.2) is 9.97 Å². The summed E-state index contributed by atoms with van der Waals surface area (Å²) >= 11 is 0. The maximum absolute atomic E-state index is 5.76. The van der Waals surface area contributed by atoms with Gasteiger partial charge in [-0.1, -0.05) is 0 Å². The summed E-state index contributed by atoms with van der Waals surface area (Å²) in [6.45, 7) is 3.15. The molecular formula is C10H15N3O. The van der Waals surface area contributed by atoms with Crippen LogP contribution in [0.4, 0.5) is 0 Å². The van der Waals surface area contributed by atoms with Crippen LogP contribution in [-0.2, 0) is 10.3 Å². The standard InChI is InChI=1S/C10H15N3O/c1-8-12-5-9(6-13-8)10(7-11)3-2-4-14-10/h5-6H,2-4,7,11H2,1H3/t10-/m0/s1. The number of nitrogens with zero attached hydrogens (tertiary/aromatic N) is 2. The normalized spacial score (nSPS) is 26.7. The average molecular weight is 193 g/mol. The van der Waals surface area contributed by atoms with Gasteiger partial charge in [0.1, 0.15) is 11.4 Å². The lowest BCUT2D eigenvalue weighted by molar-refractivity contribution is 0.00741. The van der Waals surface area contributed by atoms with Crippen LogP contribution in [0.5, 0.6) is 0 Å². The average Bonchev–Trinajstić information content (AvgIpc) is 2.68. The highest BCUT2D eigenvalue weighted by Crippen LogP contribution is 2.34. The molecule has 4 heteroatoms. The van der Waals surface area contributed by atoms with Crippen LogP contribution in [0.1, 0.15) is 24.2 Å². The van der Waals surface area contributed by atoms with Gasteiger partial charge in [0, 0.05) is 31.1 Å². The first-order valence-corrected chi connectivity index (χ1v) is 4.90. The van der Waals surface area contributed by atoms with Gasteiger partial charge in [-0.15, -0.1) is 0 Å². The lowest BCUT2D eigenvalue weighted by Crippen LogP contribution is -2.34. The summed E-state index contributed by atoms with van der Waals surface area (Å²) in [6.07, 6.45) is 5.67. The lowest BCUT2D eigenvalue weighted by Gasteiger charge is -2.26. The molecule has 1 aromatic rings. The molecule has 2 heterocycles. The molecule has 76 valence electrons. The van der Waals surface area contributed by atoms with E-state index in [0.717, 1.165) is 30.8 Å². The predicted molar refractivity (Wildman–Crippen MR) is 52.7 cm³/mol. The molecule has 1 atom stereocenters. The second-order valence-electron chi connectivity index (χ2n) is 3.67. The highest BCUT2D eigenvalue weighted by Gasteiger charge is 2.36. The van der Waals surface area contributed by atoms with E-state index in [0.29, 0.717) is 6.54 Å². The van der Waals surface area contributed by atoms with Crippen LogP contribution in [0.25, 0.3) is 0 Å². The van der Waals surface area contributed by atoms with E-state index in [1.807, 2.05) is 19.3 Å². The van der Waals surface area contributed by atoms with Crippen molar-refractivity contribution >= 4 is 0 Å². The minimum atomic E-state index is -0.326. The largest absolute Gasteiger partial charge is 0.369 e. The van der Waals surface area contributed by atoms with Crippen LogP contribution in [0.15, 0.2) is 12.4 Å². The maximum Gasteiger partial charge on any atom is 0.125 e. The Morgan fingerprint density at radius 3 is 2.71 bits per heavy atom. The van der Waals surface area contributed by atoms with Gasteiger partial charge in [0.25, 0.3) is 0 Å². The van der Waals surface area contributed by atoms with E-state index in [4.69, 9.17) is 10.5 Å². The van der Waals surface area contributed by atoms with Gasteiger partial charge in [-0.3, -0.25) is 0 Å². The van der Waals surface area contributed by atoms with Gasteiger partial charge in [0.05, 0.1) is 0 Å². The second-order valence-corrected chi connectivity index (χ2v) is 3.67. The molecule has 0 saturated carbocycles. The summed E-state index contributed by atoms with van der Waals surface area (Å²) in [5.41, 5.74) is 6.44. The van der Waals surface area contributed by atoms with E-state index in [1.165, 1.54) is 0 Å². The molecule has 4 nitrogen and oxygen atoms in total. The lowest BCUT2D eigenvalue weighted by atomic mass is 9.93. The number of hydrogen-bond acceptors (Lipinski definition) is 4. The fourth-order valence-electron chi connectivity index (χ4n) is 1.83. The van der Waals surface area contributed by atoms with Crippen LogP contribution in [0.2, 0.25) is 0 Å². The highest BCUT2D eigenvalue weighted by atomic mass is 16.5. The van der Waals surface area contributed by atoms with Gasteiger partial charge < -0.3 is 10.5 Å². The third-order valence-corrected chi connectivity index (χ3v) is 2.74. The smallest absolute Gasteiger partial charge is 0.125 e. The molecule has 0 bridgehead atoms. The Kier molecular flexibility index (Phi) is 2.48. The molecule has 1 aromatic heterocycles. The van der Waals surface area contributed by atoms with Gasteiger partial charge in [0.15, 0.2) is 0 Å². The van der Waals surface area contributed by atoms with Gasteiger partial charge in [-0.05, 0) is 19.8 Å². The zero-order valence-corrected chi connectivity index (χ0v) is 8.36. The topological polar surface area (TPSA) is 61.0 Å². The Morgan fingerprint density at radius 2 is 2.21 bits per heavy atom. The summed E-state index contributed by atoms with van der Waals surface area (Å²) < 4.78 is 5.71. The fraction of sp³-hybridized carbons (Fsp3) is 0.600. The molecule has 2 rings (SSSR count). The molecule has 14 heavy (non-hydrogen) atoms. The van der Waals surface area contributed by atoms with Crippen molar-refractivity contribution in [1.29, 1.82) is 0 Å². The van der Waals surface area contributed by atoms with Gasteiger partial charge in [-0.2, -0.15) is 0 Å². The second kappa shape index (κ2) is 3.63. The molecule has 1 fully saturated rings. The number of aromatic nitrogens is 2. The Hall–Kier alpha value is -1.00. The van der Waals surface area contributed by atoms with E-state index >= 15 is 0 Å². The molecule has 1 aliphatic rings. The van der Waals surface area contributed by atoms with Crippen LogP contribution in [-0.4, -0.2) is 23.1 Å². The first-order valence-electron chi connectivity index (χ1n) is 4.90. The van der Waals surface area contributed by atoms with E-state index in [9.17, 15) is 0 Å². The molecule has 0 unspecified atom stereocenters. The van der Waals surface area contributed by atoms with Crippen molar-refractivity contribution < 1.29 is 4.74 Å². The summed E-state index contributed by atoms with van der Waals surface area (Å²) in [5, 5.41) is 0.